The summed E-state index contributed by atoms with van der Waals surface area (Å²) in [4.78, 5) is 11.6. The summed E-state index contributed by atoms with van der Waals surface area (Å²) in [7, 11) is 0. The zero-order valence-corrected chi connectivity index (χ0v) is 8.92. The van der Waals surface area contributed by atoms with E-state index in [2.05, 4.69) is 17.6 Å². The van der Waals surface area contributed by atoms with E-state index >= 15 is 0 Å². The summed E-state index contributed by atoms with van der Waals surface area (Å²) in [6.45, 7) is 4.86. The lowest BCUT2D eigenvalue weighted by Crippen LogP contribution is -2.51. The first kappa shape index (κ1) is 11.5. The van der Waals surface area contributed by atoms with Gasteiger partial charge in [-0.2, -0.15) is 0 Å². The molecule has 0 aromatic carbocycles. The van der Waals surface area contributed by atoms with Gasteiger partial charge in [0.15, 0.2) is 0 Å². The highest BCUT2D eigenvalue weighted by molar-refractivity contribution is 5.82. The Morgan fingerprint density at radius 1 is 1.71 bits per heavy atom. The minimum Gasteiger partial charge on any atom is -0.394 e. The molecule has 0 aromatic rings. The monoisotopic (exact) mass is 200 g/mol. The first-order chi connectivity index (χ1) is 6.63. The summed E-state index contributed by atoms with van der Waals surface area (Å²) in [6, 6.07) is -0.228. The highest BCUT2D eigenvalue weighted by Gasteiger charge is 2.24. The predicted octanol–water partition coefficient (Wildman–Crippen LogP) is -0.128. The van der Waals surface area contributed by atoms with Crippen LogP contribution in [0.1, 0.15) is 26.7 Å². The molecule has 1 aliphatic rings. The van der Waals surface area contributed by atoms with Crippen molar-refractivity contribution in [1.29, 1.82) is 0 Å². The van der Waals surface area contributed by atoms with Crippen molar-refractivity contribution in [3.05, 3.63) is 0 Å². The second-order valence-corrected chi connectivity index (χ2v) is 4.23. The van der Waals surface area contributed by atoms with Crippen molar-refractivity contribution in [2.24, 2.45) is 5.92 Å². The van der Waals surface area contributed by atoms with Crippen LogP contribution in [0.15, 0.2) is 0 Å². The second kappa shape index (κ2) is 5.32. The van der Waals surface area contributed by atoms with E-state index in [1.807, 2.05) is 0 Å². The molecule has 1 fully saturated rings. The van der Waals surface area contributed by atoms with Gasteiger partial charge in [0, 0.05) is 6.04 Å². The highest BCUT2D eigenvalue weighted by atomic mass is 16.3. The number of amides is 1. The van der Waals surface area contributed by atoms with Gasteiger partial charge in [0.1, 0.15) is 0 Å². The van der Waals surface area contributed by atoms with Gasteiger partial charge in [0.25, 0.3) is 0 Å². The molecule has 0 bridgehead atoms. The Labute approximate surface area is 85.1 Å². The van der Waals surface area contributed by atoms with Crippen LogP contribution in [0.4, 0.5) is 0 Å². The van der Waals surface area contributed by atoms with E-state index in [1.165, 1.54) is 0 Å². The standard InChI is InChI=1S/C10H20N2O2/c1-7-3-4-11-9(5-7)10(14)12-8(2)6-13/h7-9,11,13H,3-6H2,1-2H3,(H,12,14)/t7?,8-,9?/m0/s1. The molecule has 2 unspecified atom stereocenters. The summed E-state index contributed by atoms with van der Waals surface area (Å²) in [5, 5.41) is 14.8. The Bertz CT molecular complexity index is 197. The van der Waals surface area contributed by atoms with Gasteiger partial charge in [-0.05, 0) is 32.2 Å². The van der Waals surface area contributed by atoms with Crippen LogP contribution in [0.3, 0.4) is 0 Å². The molecule has 0 aliphatic carbocycles. The van der Waals surface area contributed by atoms with Crippen LogP contribution in [0.2, 0.25) is 0 Å². The number of aliphatic hydroxyl groups excluding tert-OH is 1. The van der Waals surface area contributed by atoms with E-state index in [9.17, 15) is 4.79 Å². The maximum atomic E-state index is 11.6. The molecule has 1 amide bonds. The Morgan fingerprint density at radius 2 is 2.43 bits per heavy atom. The minimum atomic E-state index is -0.151. The second-order valence-electron chi connectivity index (χ2n) is 4.23. The topological polar surface area (TPSA) is 61.4 Å². The third-order valence-corrected chi connectivity index (χ3v) is 2.64. The number of aliphatic hydroxyl groups is 1. The third-order valence-electron chi connectivity index (χ3n) is 2.64. The van der Waals surface area contributed by atoms with Gasteiger partial charge in [-0.25, -0.2) is 0 Å². The molecule has 4 nitrogen and oxygen atoms in total. The van der Waals surface area contributed by atoms with E-state index in [0.29, 0.717) is 5.92 Å². The Kier molecular flexibility index (Phi) is 4.35. The van der Waals surface area contributed by atoms with Gasteiger partial charge in [0.2, 0.25) is 5.91 Å². The van der Waals surface area contributed by atoms with Crippen LogP contribution in [0.5, 0.6) is 0 Å². The lowest BCUT2D eigenvalue weighted by atomic mass is 9.94. The summed E-state index contributed by atoms with van der Waals surface area (Å²) in [5.74, 6) is 0.620. The molecule has 1 aliphatic heterocycles. The van der Waals surface area contributed by atoms with Crippen molar-refractivity contribution in [1.82, 2.24) is 10.6 Å². The van der Waals surface area contributed by atoms with Crippen LogP contribution in [0.25, 0.3) is 0 Å². The molecule has 1 rings (SSSR count). The van der Waals surface area contributed by atoms with Gasteiger partial charge in [0.05, 0.1) is 12.6 Å². The van der Waals surface area contributed by atoms with Crippen LogP contribution >= 0.6 is 0 Å². The van der Waals surface area contributed by atoms with Crippen LogP contribution in [-0.4, -0.2) is 36.2 Å². The largest absolute Gasteiger partial charge is 0.394 e. The van der Waals surface area contributed by atoms with E-state index in [0.717, 1.165) is 19.4 Å². The van der Waals surface area contributed by atoms with Gasteiger partial charge in [-0.3, -0.25) is 4.79 Å². The first-order valence-corrected chi connectivity index (χ1v) is 5.28. The van der Waals surface area contributed by atoms with Crippen molar-refractivity contribution < 1.29 is 9.90 Å². The molecular weight excluding hydrogens is 180 g/mol. The number of carbonyl (C=O) groups is 1. The van der Waals surface area contributed by atoms with Crippen LogP contribution < -0.4 is 10.6 Å². The van der Waals surface area contributed by atoms with E-state index in [1.54, 1.807) is 6.92 Å². The number of rotatable bonds is 3. The number of piperidine rings is 1. The van der Waals surface area contributed by atoms with Crippen LogP contribution in [-0.2, 0) is 4.79 Å². The molecule has 0 radical (unpaired) electrons. The average Bonchev–Trinajstić information content (AvgIpc) is 2.17. The van der Waals surface area contributed by atoms with Gasteiger partial charge in [-0.1, -0.05) is 6.92 Å². The third kappa shape index (κ3) is 3.27. The Balaban J connectivity index is 2.36. The molecule has 0 saturated carbocycles. The molecule has 4 heteroatoms. The normalized spacial score (nSPS) is 29.6. The zero-order valence-electron chi connectivity index (χ0n) is 8.92. The van der Waals surface area contributed by atoms with Crippen molar-refractivity contribution in [3.63, 3.8) is 0 Å². The zero-order chi connectivity index (χ0) is 10.6. The fourth-order valence-corrected chi connectivity index (χ4v) is 1.70. The maximum Gasteiger partial charge on any atom is 0.237 e. The summed E-state index contributed by atoms with van der Waals surface area (Å²) >= 11 is 0. The van der Waals surface area contributed by atoms with Crippen molar-refractivity contribution in [2.75, 3.05) is 13.2 Å². The molecule has 3 N–H and O–H groups in total. The highest BCUT2D eigenvalue weighted by Crippen LogP contribution is 2.14. The van der Waals surface area contributed by atoms with E-state index < -0.39 is 0 Å². The van der Waals surface area contributed by atoms with Crippen molar-refractivity contribution in [3.8, 4) is 0 Å². The lowest BCUT2D eigenvalue weighted by molar-refractivity contribution is -0.124. The van der Waals surface area contributed by atoms with E-state index in [4.69, 9.17) is 5.11 Å². The lowest BCUT2D eigenvalue weighted by Gasteiger charge is -2.28. The maximum absolute atomic E-state index is 11.6. The molecule has 0 spiro atoms. The van der Waals surface area contributed by atoms with E-state index in [-0.39, 0.29) is 24.6 Å². The number of hydrogen-bond acceptors (Lipinski definition) is 3. The molecule has 14 heavy (non-hydrogen) atoms. The van der Waals surface area contributed by atoms with Crippen molar-refractivity contribution >= 4 is 5.91 Å². The van der Waals surface area contributed by atoms with Gasteiger partial charge >= 0.3 is 0 Å². The predicted molar refractivity (Wildman–Crippen MR) is 54.9 cm³/mol. The quantitative estimate of drug-likeness (QED) is 0.595. The van der Waals surface area contributed by atoms with Crippen molar-refractivity contribution in [2.45, 2.75) is 38.8 Å². The summed E-state index contributed by atoms with van der Waals surface area (Å²) in [6.07, 6.45) is 2.03. The average molecular weight is 200 g/mol. The van der Waals surface area contributed by atoms with Crippen LogP contribution in [0, 0.1) is 5.92 Å². The first-order valence-electron chi connectivity index (χ1n) is 5.28. The number of nitrogens with one attached hydrogen (secondary N) is 2. The van der Waals surface area contributed by atoms with Gasteiger partial charge in [-0.15, -0.1) is 0 Å². The Hall–Kier alpha value is -0.610. The molecular formula is C10H20N2O2. The molecule has 1 saturated heterocycles. The molecule has 0 aromatic heterocycles. The molecule has 1 heterocycles. The number of carbonyl (C=O) groups excluding carboxylic acids is 1. The summed E-state index contributed by atoms with van der Waals surface area (Å²) < 4.78 is 0. The number of hydrogen-bond donors (Lipinski definition) is 3. The Morgan fingerprint density at radius 3 is 3.00 bits per heavy atom. The minimum absolute atomic E-state index is 0.00594. The fourth-order valence-electron chi connectivity index (χ4n) is 1.70. The molecule has 3 atom stereocenters. The summed E-state index contributed by atoms with van der Waals surface area (Å²) in [5.41, 5.74) is 0. The van der Waals surface area contributed by atoms with Gasteiger partial charge < -0.3 is 15.7 Å². The SMILES string of the molecule is CC1CCNC(C(=O)N[C@@H](C)CO)C1. The molecule has 82 valence electrons. The fraction of sp³-hybridized carbons (Fsp3) is 0.900. The smallest absolute Gasteiger partial charge is 0.237 e.